The lowest BCUT2D eigenvalue weighted by atomic mass is 9.81. The molecule has 1 amide bonds. The van der Waals surface area contributed by atoms with Crippen LogP contribution < -0.4 is 10.0 Å². The van der Waals surface area contributed by atoms with Gasteiger partial charge in [-0.1, -0.05) is 79.9 Å². The summed E-state index contributed by atoms with van der Waals surface area (Å²) in [7, 11) is -3.96. The van der Waals surface area contributed by atoms with E-state index in [0.29, 0.717) is 18.4 Å². The first kappa shape index (κ1) is 23.1. The highest BCUT2D eigenvalue weighted by Gasteiger charge is 2.44. The second-order valence-corrected chi connectivity index (χ2v) is 10.4. The van der Waals surface area contributed by atoms with Gasteiger partial charge in [0.1, 0.15) is 5.54 Å². The number of carbonyl (C=O) groups excluding carboxylic acids is 2. The lowest BCUT2D eigenvalue weighted by Gasteiger charge is -2.37. The predicted molar refractivity (Wildman–Crippen MR) is 128 cm³/mol. The fraction of sp³-hybridized carbons (Fsp3) is 0.308. The maximum Gasteiger partial charge on any atom is 0.241 e. The van der Waals surface area contributed by atoms with Gasteiger partial charge in [0.05, 0.1) is 10.9 Å². The number of carbonyl (C=O) groups is 2. The molecular formula is C26H28N2O4S. The molecule has 0 aliphatic heterocycles. The summed E-state index contributed by atoms with van der Waals surface area (Å²) in [4.78, 5) is 26.3. The number of benzene rings is 3. The van der Waals surface area contributed by atoms with Crippen LogP contribution in [-0.4, -0.2) is 31.7 Å². The first-order valence-corrected chi connectivity index (χ1v) is 12.7. The van der Waals surface area contributed by atoms with Gasteiger partial charge in [0, 0.05) is 5.56 Å². The summed E-state index contributed by atoms with van der Waals surface area (Å²) in [5.74, 6) is -0.671. The van der Waals surface area contributed by atoms with Gasteiger partial charge < -0.3 is 5.32 Å². The van der Waals surface area contributed by atoms with Gasteiger partial charge in [0.2, 0.25) is 15.9 Å². The molecule has 0 saturated heterocycles. The second kappa shape index (κ2) is 9.45. The zero-order valence-corrected chi connectivity index (χ0v) is 19.4. The van der Waals surface area contributed by atoms with E-state index in [1.54, 1.807) is 49.4 Å². The second-order valence-electron chi connectivity index (χ2n) is 8.68. The molecule has 1 atom stereocenters. The van der Waals surface area contributed by atoms with Gasteiger partial charge in [-0.15, -0.1) is 0 Å². The quantitative estimate of drug-likeness (QED) is 0.513. The Balaban J connectivity index is 1.58. The Morgan fingerprint density at radius 2 is 1.48 bits per heavy atom. The number of sulfonamides is 1. The monoisotopic (exact) mass is 464 g/mol. The van der Waals surface area contributed by atoms with Gasteiger partial charge in [-0.25, -0.2) is 8.42 Å². The summed E-state index contributed by atoms with van der Waals surface area (Å²) in [5.41, 5.74) is -0.784. The van der Waals surface area contributed by atoms with E-state index in [1.165, 1.54) is 0 Å². The number of ketones is 1. The largest absolute Gasteiger partial charge is 0.345 e. The minimum absolute atomic E-state index is 0.118. The third-order valence-electron chi connectivity index (χ3n) is 6.30. The van der Waals surface area contributed by atoms with Crippen molar-refractivity contribution in [3.63, 3.8) is 0 Å². The summed E-state index contributed by atoms with van der Waals surface area (Å²) in [6, 6.07) is 20.4. The Kier molecular flexibility index (Phi) is 6.63. The van der Waals surface area contributed by atoms with E-state index in [0.717, 1.165) is 30.0 Å². The van der Waals surface area contributed by atoms with Crippen LogP contribution in [0.5, 0.6) is 0 Å². The summed E-state index contributed by atoms with van der Waals surface area (Å²) < 4.78 is 29.4. The fourth-order valence-electron chi connectivity index (χ4n) is 4.43. The van der Waals surface area contributed by atoms with Gasteiger partial charge in [0.15, 0.2) is 5.78 Å². The summed E-state index contributed by atoms with van der Waals surface area (Å²) in [6.07, 6.45) is 3.17. The molecule has 1 saturated carbocycles. The van der Waals surface area contributed by atoms with Crippen LogP contribution >= 0.6 is 0 Å². The topological polar surface area (TPSA) is 92.3 Å². The molecule has 0 unspecified atom stereocenters. The van der Waals surface area contributed by atoms with Crippen LogP contribution in [0.2, 0.25) is 0 Å². The predicted octanol–water partition coefficient (Wildman–Crippen LogP) is 4.21. The molecule has 1 aliphatic rings. The van der Waals surface area contributed by atoms with E-state index >= 15 is 0 Å². The number of fused-ring (bicyclic) bond motifs is 1. The van der Waals surface area contributed by atoms with Gasteiger partial charge >= 0.3 is 0 Å². The van der Waals surface area contributed by atoms with Crippen LogP contribution in [-0.2, 0) is 14.8 Å². The van der Waals surface area contributed by atoms with Crippen molar-refractivity contribution in [3.8, 4) is 0 Å². The smallest absolute Gasteiger partial charge is 0.241 e. The van der Waals surface area contributed by atoms with E-state index in [9.17, 15) is 18.0 Å². The van der Waals surface area contributed by atoms with Crippen molar-refractivity contribution in [2.75, 3.05) is 0 Å². The number of nitrogens with one attached hydrogen (secondary N) is 2. The molecule has 1 fully saturated rings. The first-order valence-electron chi connectivity index (χ1n) is 11.2. The molecule has 172 valence electrons. The number of hydrogen-bond donors (Lipinski definition) is 2. The van der Waals surface area contributed by atoms with E-state index in [-0.39, 0.29) is 10.7 Å². The maximum absolute atomic E-state index is 13.4. The molecule has 3 aromatic carbocycles. The minimum Gasteiger partial charge on any atom is -0.345 e. The molecule has 0 radical (unpaired) electrons. The molecule has 4 rings (SSSR count). The summed E-state index contributed by atoms with van der Waals surface area (Å²) >= 11 is 0. The SMILES string of the molecule is C[C@H](NC(=O)C1(NS(=O)(=O)c2ccc3ccccc3c2)CCCCC1)C(=O)c1ccccc1. The number of rotatable bonds is 7. The van der Waals surface area contributed by atoms with Crippen LogP contribution in [0, 0.1) is 0 Å². The maximum atomic E-state index is 13.4. The number of hydrogen-bond acceptors (Lipinski definition) is 4. The summed E-state index contributed by atoms with van der Waals surface area (Å²) in [6.45, 7) is 1.63. The molecule has 0 aromatic heterocycles. The molecule has 0 spiro atoms. The number of amides is 1. The Morgan fingerprint density at radius 1 is 0.848 bits per heavy atom. The highest BCUT2D eigenvalue weighted by molar-refractivity contribution is 7.89. The van der Waals surface area contributed by atoms with Crippen molar-refractivity contribution >= 4 is 32.5 Å². The molecular weight excluding hydrogens is 436 g/mol. The first-order chi connectivity index (χ1) is 15.8. The van der Waals surface area contributed by atoms with Gasteiger partial charge in [-0.2, -0.15) is 4.72 Å². The Labute approximate surface area is 194 Å². The summed E-state index contributed by atoms with van der Waals surface area (Å²) in [5, 5.41) is 4.53. The molecule has 7 heteroatoms. The van der Waals surface area contributed by atoms with E-state index in [1.807, 2.05) is 30.3 Å². The zero-order chi connectivity index (χ0) is 23.5. The lowest BCUT2D eigenvalue weighted by Crippen LogP contribution is -2.61. The van der Waals surface area contributed by atoms with Crippen LogP contribution in [0.4, 0.5) is 0 Å². The highest BCUT2D eigenvalue weighted by Crippen LogP contribution is 2.31. The average Bonchev–Trinajstić information content (AvgIpc) is 2.84. The van der Waals surface area contributed by atoms with Gasteiger partial charge in [-0.3, -0.25) is 9.59 Å². The Hall–Kier alpha value is -3.03. The van der Waals surface area contributed by atoms with Crippen molar-refractivity contribution in [2.24, 2.45) is 0 Å². The van der Waals surface area contributed by atoms with E-state index < -0.39 is 27.5 Å². The van der Waals surface area contributed by atoms with Crippen molar-refractivity contribution in [2.45, 2.75) is 55.5 Å². The van der Waals surface area contributed by atoms with Crippen LogP contribution in [0.3, 0.4) is 0 Å². The molecule has 33 heavy (non-hydrogen) atoms. The molecule has 0 heterocycles. The Morgan fingerprint density at radius 3 is 2.18 bits per heavy atom. The molecule has 2 N–H and O–H groups in total. The van der Waals surface area contributed by atoms with Crippen molar-refractivity contribution in [1.82, 2.24) is 10.0 Å². The minimum atomic E-state index is -3.96. The lowest BCUT2D eigenvalue weighted by molar-refractivity contribution is -0.128. The standard InChI is InChI=1S/C26H28N2O4S/c1-19(24(29)21-11-4-2-5-12-21)27-25(30)26(16-8-3-9-17-26)28-33(31,32)23-15-14-20-10-6-7-13-22(20)18-23/h2,4-7,10-15,18-19,28H,3,8-9,16-17H2,1H3,(H,27,30)/t19-/m0/s1. The zero-order valence-electron chi connectivity index (χ0n) is 18.6. The van der Waals surface area contributed by atoms with Crippen LogP contribution in [0.1, 0.15) is 49.4 Å². The number of Topliss-reactive ketones (excluding diaryl/α,β-unsaturated/α-hetero) is 1. The van der Waals surface area contributed by atoms with E-state index in [2.05, 4.69) is 10.0 Å². The van der Waals surface area contributed by atoms with Crippen LogP contribution in [0.25, 0.3) is 10.8 Å². The van der Waals surface area contributed by atoms with Crippen molar-refractivity contribution < 1.29 is 18.0 Å². The third kappa shape index (κ3) is 4.99. The average molecular weight is 465 g/mol. The molecule has 0 bridgehead atoms. The van der Waals surface area contributed by atoms with Crippen molar-refractivity contribution in [3.05, 3.63) is 78.4 Å². The molecule has 6 nitrogen and oxygen atoms in total. The normalized spacial score (nSPS) is 16.8. The molecule has 3 aromatic rings. The van der Waals surface area contributed by atoms with Gasteiger partial charge in [0.25, 0.3) is 0 Å². The van der Waals surface area contributed by atoms with E-state index in [4.69, 9.17) is 0 Å². The third-order valence-corrected chi connectivity index (χ3v) is 7.84. The van der Waals surface area contributed by atoms with Crippen LogP contribution in [0.15, 0.2) is 77.7 Å². The Bertz CT molecular complexity index is 1270. The molecule has 1 aliphatic carbocycles. The fourth-order valence-corrected chi connectivity index (χ4v) is 5.89. The highest BCUT2D eigenvalue weighted by atomic mass is 32.2. The van der Waals surface area contributed by atoms with Gasteiger partial charge in [-0.05, 0) is 42.7 Å². The van der Waals surface area contributed by atoms with Crippen molar-refractivity contribution in [1.29, 1.82) is 0 Å².